The number of anilines is 1. The molecule has 0 aliphatic rings. The van der Waals surface area contributed by atoms with Crippen molar-refractivity contribution in [1.82, 2.24) is 0 Å². The molecule has 0 radical (unpaired) electrons. The van der Waals surface area contributed by atoms with E-state index < -0.39 is 11.5 Å². The second-order valence-electron chi connectivity index (χ2n) is 4.86. The lowest BCUT2D eigenvalue weighted by Gasteiger charge is -2.29. The number of hydrogen-bond donors (Lipinski definition) is 1. The number of ether oxygens (including phenoxy) is 2. The first kappa shape index (κ1) is 16.2. The van der Waals surface area contributed by atoms with Crippen molar-refractivity contribution < 1.29 is 19.1 Å². The van der Waals surface area contributed by atoms with E-state index in [4.69, 9.17) is 9.47 Å². The summed E-state index contributed by atoms with van der Waals surface area (Å²) in [5, 5.41) is 3.02. The van der Waals surface area contributed by atoms with E-state index in [2.05, 4.69) is 5.32 Å². The van der Waals surface area contributed by atoms with Gasteiger partial charge in [-0.25, -0.2) is 4.79 Å². The molecule has 1 aromatic rings. The second kappa shape index (κ2) is 6.52. The van der Waals surface area contributed by atoms with E-state index in [9.17, 15) is 9.59 Å². The molecular weight excluding hydrogens is 258 g/mol. The lowest BCUT2D eigenvalue weighted by atomic mass is 9.94. The Hall–Kier alpha value is -1.88. The van der Waals surface area contributed by atoms with Crippen LogP contribution in [-0.2, 0) is 19.1 Å². The third-order valence-corrected chi connectivity index (χ3v) is 3.28. The Kier molecular flexibility index (Phi) is 5.27. The molecule has 0 heterocycles. The standard InChI is InChI=1S/C15H21NO4/c1-10-7-6-8-11(2)13(10)16-15(3,14(18)20-5)12(17)9-19-4/h6-8,16H,9H2,1-5H3. The Morgan fingerprint density at radius 2 is 1.75 bits per heavy atom. The molecule has 1 aromatic carbocycles. The maximum atomic E-state index is 12.2. The average molecular weight is 279 g/mol. The first-order valence-corrected chi connectivity index (χ1v) is 6.32. The minimum Gasteiger partial charge on any atom is -0.467 e. The monoisotopic (exact) mass is 279 g/mol. The number of Topliss-reactive ketones (excluding diaryl/α,β-unsaturated/α-hetero) is 1. The van der Waals surface area contributed by atoms with Crippen molar-refractivity contribution in [3.05, 3.63) is 29.3 Å². The molecule has 5 nitrogen and oxygen atoms in total. The van der Waals surface area contributed by atoms with Crippen molar-refractivity contribution in [3.63, 3.8) is 0 Å². The van der Waals surface area contributed by atoms with Gasteiger partial charge in [0.1, 0.15) is 6.61 Å². The van der Waals surface area contributed by atoms with Crippen molar-refractivity contribution in [1.29, 1.82) is 0 Å². The van der Waals surface area contributed by atoms with Crippen LogP contribution >= 0.6 is 0 Å². The summed E-state index contributed by atoms with van der Waals surface area (Å²) >= 11 is 0. The maximum absolute atomic E-state index is 12.2. The Bertz CT molecular complexity index is 492. The number of para-hydroxylation sites is 1. The number of rotatable bonds is 6. The third kappa shape index (κ3) is 3.17. The SMILES string of the molecule is COCC(=O)C(C)(Nc1c(C)cccc1C)C(=O)OC. The molecule has 0 fully saturated rings. The summed E-state index contributed by atoms with van der Waals surface area (Å²) in [5.74, 6) is -1.02. The number of methoxy groups -OCH3 is 2. The molecule has 0 amide bonds. The number of hydrogen-bond acceptors (Lipinski definition) is 5. The van der Waals surface area contributed by atoms with Gasteiger partial charge in [-0.2, -0.15) is 0 Å². The van der Waals surface area contributed by atoms with Crippen LogP contribution in [-0.4, -0.2) is 38.1 Å². The molecule has 1 atom stereocenters. The Labute approximate surface area is 119 Å². The first-order valence-electron chi connectivity index (χ1n) is 6.32. The van der Waals surface area contributed by atoms with Crippen LogP contribution in [0.4, 0.5) is 5.69 Å². The molecule has 0 bridgehead atoms. The topological polar surface area (TPSA) is 64.6 Å². The molecule has 5 heteroatoms. The largest absolute Gasteiger partial charge is 0.467 e. The number of benzene rings is 1. The van der Waals surface area contributed by atoms with Crippen LogP contribution in [0.3, 0.4) is 0 Å². The van der Waals surface area contributed by atoms with Crippen molar-refractivity contribution in [2.24, 2.45) is 0 Å². The highest BCUT2D eigenvalue weighted by Gasteiger charge is 2.42. The summed E-state index contributed by atoms with van der Waals surface area (Å²) in [6, 6.07) is 5.74. The molecule has 0 spiro atoms. The molecule has 0 aliphatic heterocycles. The fourth-order valence-electron chi connectivity index (χ4n) is 1.98. The maximum Gasteiger partial charge on any atom is 0.339 e. The van der Waals surface area contributed by atoms with Gasteiger partial charge in [0.15, 0.2) is 11.3 Å². The van der Waals surface area contributed by atoms with E-state index in [1.807, 2.05) is 32.0 Å². The van der Waals surface area contributed by atoms with Crippen molar-refractivity contribution in [2.45, 2.75) is 26.3 Å². The number of esters is 1. The molecule has 1 rings (SSSR count). The highest BCUT2D eigenvalue weighted by Crippen LogP contribution is 2.25. The molecule has 20 heavy (non-hydrogen) atoms. The normalized spacial score (nSPS) is 13.4. The van der Waals surface area contributed by atoms with E-state index in [0.29, 0.717) is 0 Å². The fraction of sp³-hybridized carbons (Fsp3) is 0.467. The first-order chi connectivity index (χ1) is 9.36. The van der Waals surface area contributed by atoms with E-state index in [-0.39, 0.29) is 12.4 Å². The summed E-state index contributed by atoms with van der Waals surface area (Å²) in [4.78, 5) is 24.2. The van der Waals surface area contributed by atoms with Gasteiger partial charge in [0, 0.05) is 12.8 Å². The summed E-state index contributed by atoms with van der Waals surface area (Å²) in [7, 11) is 2.67. The molecule has 1 unspecified atom stereocenters. The van der Waals surface area contributed by atoms with Crippen LogP contribution in [0.15, 0.2) is 18.2 Å². The highest BCUT2D eigenvalue weighted by molar-refractivity contribution is 6.11. The van der Waals surface area contributed by atoms with Crippen molar-refractivity contribution in [2.75, 3.05) is 26.1 Å². The molecule has 1 N–H and O–H groups in total. The quantitative estimate of drug-likeness (QED) is 0.636. The second-order valence-corrected chi connectivity index (χ2v) is 4.86. The highest BCUT2D eigenvalue weighted by atomic mass is 16.5. The molecular formula is C15H21NO4. The fourth-order valence-corrected chi connectivity index (χ4v) is 1.98. The van der Waals surface area contributed by atoms with Gasteiger partial charge in [0.2, 0.25) is 0 Å². The zero-order valence-electron chi connectivity index (χ0n) is 12.6. The van der Waals surface area contributed by atoms with Crippen LogP contribution < -0.4 is 5.32 Å². The Balaban J connectivity index is 3.20. The van der Waals surface area contributed by atoms with Gasteiger partial charge < -0.3 is 14.8 Å². The Morgan fingerprint density at radius 3 is 2.20 bits per heavy atom. The number of ketones is 1. The predicted octanol–water partition coefficient (Wildman–Crippen LogP) is 1.86. The zero-order valence-corrected chi connectivity index (χ0v) is 12.6. The van der Waals surface area contributed by atoms with Gasteiger partial charge >= 0.3 is 5.97 Å². The lowest BCUT2D eigenvalue weighted by molar-refractivity contribution is -0.150. The number of aryl methyl sites for hydroxylation is 2. The predicted molar refractivity (Wildman–Crippen MR) is 76.8 cm³/mol. The van der Waals surface area contributed by atoms with E-state index in [0.717, 1.165) is 16.8 Å². The lowest BCUT2D eigenvalue weighted by Crippen LogP contribution is -2.53. The van der Waals surface area contributed by atoms with Gasteiger partial charge in [-0.15, -0.1) is 0 Å². The van der Waals surface area contributed by atoms with Crippen LogP contribution in [0, 0.1) is 13.8 Å². The van der Waals surface area contributed by atoms with Crippen LogP contribution in [0.5, 0.6) is 0 Å². The number of carbonyl (C=O) groups is 2. The van der Waals surface area contributed by atoms with Crippen LogP contribution in [0.1, 0.15) is 18.1 Å². The molecule has 0 saturated carbocycles. The van der Waals surface area contributed by atoms with Gasteiger partial charge in [-0.05, 0) is 31.9 Å². The Morgan fingerprint density at radius 1 is 1.20 bits per heavy atom. The van der Waals surface area contributed by atoms with Gasteiger partial charge in [0.25, 0.3) is 0 Å². The smallest absolute Gasteiger partial charge is 0.339 e. The molecule has 0 aliphatic carbocycles. The number of nitrogens with one attached hydrogen (secondary N) is 1. The van der Waals surface area contributed by atoms with Crippen molar-refractivity contribution >= 4 is 17.4 Å². The van der Waals surface area contributed by atoms with Crippen LogP contribution in [0.2, 0.25) is 0 Å². The van der Waals surface area contributed by atoms with E-state index >= 15 is 0 Å². The summed E-state index contributed by atoms with van der Waals surface area (Å²) in [6.07, 6.45) is 0. The minimum absolute atomic E-state index is 0.163. The summed E-state index contributed by atoms with van der Waals surface area (Å²) in [5.41, 5.74) is 1.18. The molecule has 0 aromatic heterocycles. The van der Waals surface area contributed by atoms with E-state index in [1.165, 1.54) is 21.1 Å². The molecule has 0 saturated heterocycles. The van der Waals surface area contributed by atoms with E-state index in [1.54, 1.807) is 0 Å². The minimum atomic E-state index is -1.47. The van der Waals surface area contributed by atoms with Gasteiger partial charge in [-0.3, -0.25) is 4.79 Å². The summed E-state index contributed by atoms with van der Waals surface area (Å²) < 4.78 is 9.60. The number of carbonyl (C=O) groups excluding carboxylic acids is 2. The third-order valence-electron chi connectivity index (χ3n) is 3.28. The van der Waals surface area contributed by atoms with Crippen LogP contribution in [0.25, 0.3) is 0 Å². The average Bonchev–Trinajstić information content (AvgIpc) is 2.42. The molecule has 110 valence electrons. The summed E-state index contributed by atoms with van der Waals surface area (Å²) in [6.45, 7) is 5.16. The zero-order chi connectivity index (χ0) is 15.3. The van der Waals surface area contributed by atoms with Crippen molar-refractivity contribution in [3.8, 4) is 0 Å². The van der Waals surface area contributed by atoms with Gasteiger partial charge in [0.05, 0.1) is 7.11 Å². The van der Waals surface area contributed by atoms with Gasteiger partial charge in [-0.1, -0.05) is 18.2 Å².